The topological polar surface area (TPSA) is 55.8 Å². The third kappa shape index (κ3) is 5.32. The Kier molecular flexibility index (Phi) is 7.35. The first-order chi connectivity index (χ1) is 14.4. The second-order valence-electron chi connectivity index (χ2n) is 8.40. The highest BCUT2D eigenvalue weighted by Crippen LogP contribution is 2.38. The molecule has 1 saturated carbocycles. The summed E-state index contributed by atoms with van der Waals surface area (Å²) in [5.74, 6) is 0.648. The van der Waals surface area contributed by atoms with Crippen molar-refractivity contribution in [2.24, 2.45) is 11.8 Å². The number of carboxylic acids is 1. The van der Waals surface area contributed by atoms with Crippen molar-refractivity contribution in [1.29, 1.82) is 0 Å². The van der Waals surface area contributed by atoms with Crippen LogP contribution in [0.1, 0.15) is 62.5 Å². The summed E-state index contributed by atoms with van der Waals surface area (Å²) in [6.45, 7) is 4.28. The maximum Gasteiger partial charge on any atom is 0.306 e. The van der Waals surface area contributed by atoms with Crippen molar-refractivity contribution >= 4 is 5.97 Å². The summed E-state index contributed by atoms with van der Waals surface area (Å²) < 4.78 is 25.5. The first-order valence-corrected chi connectivity index (χ1v) is 10.7. The van der Waals surface area contributed by atoms with Crippen LogP contribution in [0.3, 0.4) is 0 Å². The fourth-order valence-electron chi connectivity index (χ4n) is 4.21. The van der Waals surface area contributed by atoms with E-state index < -0.39 is 11.9 Å². The molecule has 0 spiro atoms. The van der Waals surface area contributed by atoms with Gasteiger partial charge in [-0.25, -0.2) is 4.39 Å². The first-order valence-electron chi connectivity index (χ1n) is 10.7. The highest BCUT2D eigenvalue weighted by molar-refractivity contribution is 5.70. The number of ether oxygens (including phenoxy) is 2. The minimum Gasteiger partial charge on any atom is -0.497 e. The van der Waals surface area contributed by atoms with E-state index >= 15 is 0 Å². The molecule has 2 aromatic rings. The number of halogens is 1. The lowest BCUT2D eigenvalue weighted by Crippen LogP contribution is -2.20. The molecule has 0 aliphatic heterocycles. The van der Waals surface area contributed by atoms with E-state index in [1.165, 1.54) is 6.07 Å². The lowest BCUT2D eigenvalue weighted by atomic mass is 9.79. The average molecular weight is 415 g/mol. The van der Waals surface area contributed by atoms with E-state index in [9.17, 15) is 14.3 Å². The molecular weight excluding hydrogens is 383 g/mol. The van der Waals surface area contributed by atoms with E-state index in [0.29, 0.717) is 18.3 Å². The van der Waals surface area contributed by atoms with Gasteiger partial charge < -0.3 is 14.6 Å². The summed E-state index contributed by atoms with van der Waals surface area (Å²) in [7, 11) is 1.60. The molecule has 0 unspecified atom stereocenters. The lowest BCUT2D eigenvalue weighted by Gasteiger charge is -2.29. The normalized spacial score (nSPS) is 20.9. The monoisotopic (exact) mass is 414 g/mol. The van der Waals surface area contributed by atoms with E-state index in [-0.39, 0.29) is 17.7 Å². The highest BCUT2D eigenvalue weighted by atomic mass is 19.1. The van der Waals surface area contributed by atoms with Crippen LogP contribution in [0.2, 0.25) is 0 Å². The number of rotatable bonds is 8. The molecule has 0 amide bonds. The number of benzene rings is 2. The number of methoxy groups -OCH3 is 1. The van der Waals surface area contributed by atoms with Crippen molar-refractivity contribution in [2.45, 2.75) is 51.4 Å². The molecule has 0 saturated heterocycles. The van der Waals surface area contributed by atoms with Gasteiger partial charge in [-0.05, 0) is 84.9 Å². The molecule has 0 radical (unpaired) electrons. The summed E-state index contributed by atoms with van der Waals surface area (Å²) in [6, 6.07) is 12.7. The molecule has 0 aromatic heterocycles. The Hall–Kier alpha value is -2.56. The van der Waals surface area contributed by atoms with Gasteiger partial charge in [-0.15, -0.1) is 0 Å². The van der Waals surface area contributed by atoms with Crippen LogP contribution in [0.5, 0.6) is 11.5 Å². The second kappa shape index (κ2) is 9.96. The van der Waals surface area contributed by atoms with E-state index in [4.69, 9.17) is 9.47 Å². The molecule has 4 nitrogen and oxygen atoms in total. The number of hydrogen-bond donors (Lipinski definition) is 1. The summed E-state index contributed by atoms with van der Waals surface area (Å²) in [6.07, 6.45) is 3.86. The van der Waals surface area contributed by atoms with Crippen LogP contribution in [0.15, 0.2) is 42.5 Å². The molecule has 162 valence electrons. The Morgan fingerprint density at radius 1 is 1.10 bits per heavy atom. The highest BCUT2D eigenvalue weighted by Gasteiger charge is 2.25. The molecule has 1 N–H and O–H groups in total. The van der Waals surface area contributed by atoms with E-state index in [1.54, 1.807) is 20.1 Å². The first kappa shape index (κ1) is 22.1. The second-order valence-corrected chi connectivity index (χ2v) is 8.40. The Bertz CT molecular complexity index is 858. The Labute approximate surface area is 178 Å². The quantitative estimate of drug-likeness (QED) is 0.575. The number of carbonyl (C=O) groups is 1. The minimum absolute atomic E-state index is 0.0840. The summed E-state index contributed by atoms with van der Waals surface area (Å²) >= 11 is 0. The third-order valence-corrected chi connectivity index (χ3v) is 6.50. The van der Waals surface area contributed by atoms with Gasteiger partial charge in [0.1, 0.15) is 17.3 Å². The molecular formula is C25H31FO4. The molecule has 30 heavy (non-hydrogen) atoms. The van der Waals surface area contributed by atoms with Gasteiger partial charge in [0.15, 0.2) is 0 Å². The predicted octanol–water partition coefficient (Wildman–Crippen LogP) is 6.01. The van der Waals surface area contributed by atoms with Gasteiger partial charge in [0.05, 0.1) is 19.6 Å². The lowest BCUT2D eigenvalue weighted by molar-refractivity contribution is -0.141. The number of aliphatic carboxylic acids is 1. The van der Waals surface area contributed by atoms with Crippen LogP contribution in [0.25, 0.3) is 0 Å². The SMILES string of the molecule is COc1ccc(F)c(C2CCC(COc3cccc([C@H](C)[C@H](C)C(=O)O)c3)CC2)c1. The summed E-state index contributed by atoms with van der Waals surface area (Å²) in [4.78, 5) is 11.3. The molecule has 5 heteroatoms. The fraction of sp³-hybridized carbons (Fsp3) is 0.480. The molecule has 3 rings (SSSR count). The van der Waals surface area contributed by atoms with Gasteiger partial charge in [0.2, 0.25) is 0 Å². The molecule has 2 aromatic carbocycles. The zero-order chi connectivity index (χ0) is 21.7. The zero-order valence-electron chi connectivity index (χ0n) is 17.9. The van der Waals surface area contributed by atoms with Gasteiger partial charge in [0, 0.05) is 0 Å². The van der Waals surface area contributed by atoms with E-state index in [0.717, 1.165) is 42.6 Å². The molecule has 0 heterocycles. The largest absolute Gasteiger partial charge is 0.497 e. The molecule has 1 fully saturated rings. The van der Waals surface area contributed by atoms with Gasteiger partial charge in [-0.1, -0.05) is 26.0 Å². The third-order valence-electron chi connectivity index (χ3n) is 6.50. The fourth-order valence-corrected chi connectivity index (χ4v) is 4.21. The molecule has 1 aliphatic carbocycles. The van der Waals surface area contributed by atoms with Crippen LogP contribution in [-0.2, 0) is 4.79 Å². The van der Waals surface area contributed by atoms with Gasteiger partial charge >= 0.3 is 5.97 Å². The van der Waals surface area contributed by atoms with Crippen LogP contribution in [-0.4, -0.2) is 24.8 Å². The smallest absolute Gasteiger partial charge is 0.306 e. The van der Waals surface area contributed by atoms with Crippen LogP contribution < -0.4 is 9.47 Å². The predicted molar refractivity (Wildman–Crippen MR) is 115 cm³/mol. The van der Waals surface area contributed by atoms with Crippen molar-refractivity contribution in [3.8, 4) is 11.5 Å². The van der Waals surface area contributed by atoms with Gasteiger partial charge in [-0.3, -0.25) is 4.79 Å². The van der Waals surface area contributed by atoms with Crippen molar-refractivity contribution in [1.82, 2.24) is 0 Å². The van der Waals surface area contributed by atoms with E-state index in [2.05, 4.69) is 0 Å². The maximum absolute atomic E-state index is 14.2. The summed E-state index contributed by atoms with van der Waals surface area (Å²) in [5.41, 5.74) is 1.72. The average Bonchev–Trinajstić information content (AvgIpc) is 2.77. The van der Waals surface area contributed by atoms with Crippen LogP contribution >= 0.6 is 0 Å². The summed E-state index contributed by atoms with van der Waals surface area (Å²) in [5, 5.41) is 9.25. The van der Waals surface area contributed by atoms with Crippen LogP contribution in [0, 0.1) is 17.7 Å². The number of hydrogen-bond acceptors (Lipinski definition) is 3. The standard InChI is InChI=1S/C25H31FO4/c1-16(17(2)25(27)28)20-5-4-6-22(13-20)30-15-18-7-9-19(10-8-18)23-14-21(29-3)11-12-24(23)26/h4-6,11-14,16-19H,7-10,15H2,1-3H3,(H,27,28)/t16-,17+,18?,19?/m1/s1. The molecule has 0 bridgehead atoms. The van der Waals surface area contributed by atoms with Crippen LogP contribution in [0.4, 0.5) is 4.39 Å². The Morgan fingerprint density at radius 2 is 1.83 bits per heavy atom. The van der Waals surface area contributed by atoms with Crippen molar-refractivity contribution in [3.63, 3.8) is 0 Å². The maximum atomic E-state index is 14.2. The van der Waals surface area contributed by atoms with Crippen molar-refractivity contribution in [3.05, 3.63) is 59.4 Å². The molecule has 1 aliphatic rings. The zero-order valence-corrected chi connectivity index (χ0v) is 17.9. The van der Waals surface area contributed by atoms with E-state index in [1.807, 2.05) is 37.3 Å². The van der Waals surface area contributed by atoms with Crippen molar-refractivity contribution < 1.29 is 23.8 Å². The van der Waals surface area contributed by atoms with Crippen molar-refractivity contribution in [2.75, 3.05) is 13.7 Å². The minimum atomic E-state index is -0.793. The molecule has 2 atom stereocenters. The Morgan fingerprint density at radius 3 is 2.50 bits per heavy atom. The van der Waals surface area contributed by atoms with Gasteiger partial charge in [0.25, 0.3) is 0 Å². The number of carboxylic acid groups (broad SMARTS) is 1. The Balaban J connectivity index is 1.54. The van der Waals surface area contributed by atoms with Gasteiger partial charge in [-0.2, -0.15) is 0 Å².